The highest BCUT2D eigenvalue weighted by atomic mass is 35.8. The molecule has 0 atom stereocenters. The van der Waals surface area contributed by atoms with Gasteiger partial charge in [-0.05, 0) is 176 Å². The van der Waals surface area contributed by atoms with Crippen molar-refractivity contribution >= 4 is 138 Å². The second-order valence-corrected chi connectivity index (χ2v) is 43.6. The van der Waals surface area contributed by atoms with Gasteiger partial charge < -0.3 is 18.9 Å². The molecule has 0 aromatic heterocycles. The van der Waals surface area contributed by atoms with Crippen molar-refractivity contribution in [2.75, 3.05) is 59.0 Å². The van der Waals surface area contributed by atoms with E-state index >= 15 is 0 Å². The van der Waals surface area contributed by atoms with E-state index in [1.165, 1.54) is 82.4 Å². The third-order valence-corrected chi connectivity index (χ3v) is 26.7. The lowest BCUT2D eigenvalue weighted by Crippen LogP contribution is -2.34. The van der Waals surface area contributed by atoms with Crippen LogP contribution in [0.2, 0.25) is 0 Å². The quantitative estimate of drug-likeness (QED) is 0.0913. The van der Waals surface area contributed by atoms with Crippen molar-refractivity contribution in [3.05, 3.63) is 155 Å². The monoisotopic (exact) mass is 1500 g/mol. The highest BCUT2D eigenvalue weighted by Gasteiger charge is 2.35. The maximum Gasteiger partial charge on any atom is 0.643 e. The van der Waals surface area contributed by atoms with Crippen LogP contribution in [0.1, 0.15) is 89.6 Å². The number of fused-ring (bicyclic) bond motifs is 6. The minimum absolute atomic E-state index is 0.0171. The zero-order valence-corrected chi connectivity index (χ0v) is 61.7. The van der Waals surface area contributed by atoms with Gasteiger partial charge in [0.2, 0.25) is 49.0 Å². The van der Waals surface area contributed by atoms with Crippen LogP contribution in [0.15, 0.2) is 142 Å². The molecule has 6 aliphatic rings. The number of ether oxygens (including phenoxy) is 4. The zero-order chi connectivity index (χ0) is 68.1. The fourth-order valence-corrected chi connectivity index (χ4v) is 15.7. The van der Waals surface area contributed by atoms with Crippen LogP contribution >= 0.6 is 51.5 Å². The van der Waals surface area contributed by atoms with E-state index in [9.17, 15) is 50.5 Å². The summed E-state index contributed by atoms with van der Waals surface area (Å²) < 4.78 is 167. The Hall–Kier alpha value is -4.40. The van der Waals surface area contributed by atoms with Gasteiger partial charge in [-0.1, -0.05) is 60.7 Å². The van der Waals surface area contributed by atoms with Crippen molar-refractivity contribution in [3.8, 4) is 23.0 Å². The van der Waals surface area contributed by atoms with Crippen molar-refractivity contribution < 1.29 is 69.5 Å². The molecule has 31 heteroatoms. The van der Waals surface area contributed by atoms with Gasteiger partial charge in [-0.25, -0.2) is 80.7 Å². The number of benzene rings is 6. The molecule has 12 rings (SSSR count). The minimum atomic E-state index is -3.77. The van der Waals surface area contributed by atoms with Crippen molar-refractivity contribution in [1.29, 1.82) is 0 Å². The van der Waals surface area contributed by atoms with E-state index in [1.807, 2.05) is 48.5 Å². The van der Waals surface area contributed by atoms with Gasteiger partial charge in [-0.15, -0.1) is 0 Å². The maximum absolute atomic E-state index is 13.1. The van der Waals surface area contributed by atoms with Gasteiger partial charge in [0.05, 0.1) is 52.7 Å². The molecule has 0 fully saturated rings. The molecule has 0 radical (unpaired) electrons. The summed E-state index contributed by atoms with van der Waals surface area (Å²) in [5.41, 5.74) is 8.36. The Kier molecular flexibility index (Phi) is 27.5. The molecule has 19 nitrogen and oxygen atoms in total. The third kappa shape index (κ3) is 20.1. The van der Waals surface area contributed by atoms with E-state index in [0.717, 1.165) is 35.3 Å². The first kappa shape index (κ1) is 76.6. The summed E-state index contributed by atoms with van der Waals surface area (Å²) >= 11 is -1.72. The van der Waals surface area contributed by atoms with Crippen LogP contribution < -0.4 is 31.9 Å². The van der Waals surface area contributed by atoms with Crippen molar-refractivity contribution in [3.63, 3.8) is 0 Å². The molecule has 0 saturated heterocycles. The van der Waals surface area contributed by atoms with E-state index < -0.39 is 79.9 Å². The molecule has 1 aliphatic carbocycles. The molecule has 0 saturated carbocycles. The van der Waals surface area contributed by atoms with Crippen molar-refractivity contribution in [2.24, 2.45) is 0 Å². The van der Waals surface area contributed by atoms with Gasteiger partial charge in [-0.2, -0.15) is 0 Å². The van der Waals surface area contributed by atoms with E-state index in [-0.39, 0.29) is 25.2 Å². The van der Waals surface area contributed by atoms with E-state index in [1.54, 1.807) is 70.9 Å². The lowest BCUT2D eigenvalue weighted by molar-refractivity contribution is 0.171. The molecule has 6 aromatic rings. The van der Waals surface area contributed by atoms with Gasteiger partial charge >= 0.3 is 11.4 Å². The molecule has 5 aliphatic heterocycles. The molecule has 0 N–H and O–H groups in total. The molecular formula is C61H75AlCl5N3O16S6. The van der Waals surface area contributed by atoms with Crippen LogP contribution in [-0.2, 0) is 90.1 Å². The Morgan fingerprint density at radius 2 is 0.674 bits per heavy atom. The topological polar surface area (TPSA) is 251 Å². The Balaban J connectivity index is 0.000000183. The van der Waals surface area contributed by atoms with Crippen LogP contribution in [0.4, 0.5) is 17.1 Å². The number of sulfone groups is 1. The first-order valence-corrected chi connectivity index (χ1v) is 45.2. The molecule has 0 bridgehead atoms. The van der Waals surface area contributed by atoms with E-state index in [0.29, 0.717) is 86.7 Å². The summed E-state index contributed by atoms with van der Waals surface area (Å²) in [6.07, 6.45) is 6.09. The summed E-state index contributed by atoms with van der Waals surface area (Å²) in [7, 11) is 4.35. The summed E-state index contributed by atoms with van der Waals surface area (Å²) in [4.78, 5) is 0.261. The van der Waals surface area contributed by atoms with Crippen LogP contribution in [0.25, 0.3) is 0 Å². The molecule has 92 heavy (non-hydrogen) atoms. The Labute approximate surface area is 569 Å². The summed E-state index contributed by atoms with van der Waals surface area (Å²) in [5.74, 6) is 1.88. The number of sulfonamides is 3. The Morgan fingerprint density at radius 3 is 1.04 bits per heavy atom. The van der Waals surface area contributed by atoms with Gasteiger partial charge in [0.15, 0.2) is 23.0 Å². The molecule has 0 amide bonds. The lowest BCUT2D eigenvalue weighted by Gasteiger charge is -2.22. The van der Waals surface area contributed by atoms with Crippen LogP contribution in [0.5, 0.6) is 23.0 Å². The number of nitrogens with zero attached hydrogens (tertiary/aromatic N) is 3. The number of aryl methyl sites for hydroxylation is 2. The molecule has 5 heterocycles. The average molecular weight is 1500 g/mol. The largest absolute Gasteiger partial charge is 0.643 e. The minimum Gasteiger partial charge on any atom is -0.486 e. The Bertz CT molecular complexity index is 4130. The normalized spacial score (nSPS) is 15.2. The van der Waals surface area contributed by atoms with Gasteiger partial charge in [-0.3, -0.25) is 12.9 Å². The molecular weight excluding hydrogens is 1430 g/mol. The van der Waals surface area contributed by atoms with Gasteiger partial charge in [0.25, 0.3) is 9.05 Å². The number of halogens is 5. The predicted octanol–water partition coefficient (Wildman–Crippen LogP) is 12.2. The predicted molar refractivity (Wildman–Crippen MR) is 370 cm³/mol. The summed E-state index contributed by atoms with van der Waals surface area (Å²) in [6, 6.07) is 37.6. The zero-order valence-electron chi connectivity index (χ0n) is 51.9. The number of hydrogen-bond donors (Lipinski definition) is 0. The van der Waals surface area contributed by atoms with Crippen LogP contribution in [-0.4, -0.2) is 129 Å². The summed E-state index contributed by atoms with van der Waals surface area (Å²) in [6.45, 7) is 16.4. The van der Waals surface area contributed by atoms with Crippen molar-refractivity contribution in [1.82, 2.24) is 0 Å². The third-order valence-electron chi connectivity index (χ3n) is 14.8. The standard InChI is InChI=1S/C19H21NO6S2.2C11H15NO2S.C9H10.C8H7ClO4S.C3H7ClO2S.Al.3ClH/c1-13(2)28(23,24)20-8-7-14-11-15(3-5-17(14)20)27(21,22)16-4-6-18-19(12-16)26-10-9-25-18;2*1-9(2)15(13,14)12-8-7-10-5-3-4-6-11(10)12;1-2-5-9-7-3-6-8(9)4-1;9-14(10,11)6-1-2-7-8(5-6)13-4-3-12-7;1-3(2)7(4,5)6;;;;/h3-6,11-13H,7-10H2,1-2H3;2*3-6,9H,7-8H2,1-2H3;1-2,4-5H,3,6-7H2;1-2,5H,3-4H2;3H,1-2H3;;3*1H/q;;;;;;+3;;;/p-3. The molecule has 0 spiro atoms. The van der Waals surface area contributed by atoms with Crippen molar-refractivity contribution in [2.45, 2.75) is 130 Å². The molecule has 6 aromatic carbocycles. The number of anilines is 3. The van der Waals surface area contributed by atoms with Crippen LogP contribution in [0, 0.1) is 0 Å². The maximum atomic E-state index is 13.1. The second-order valence-electron chi connectivity index (χ2n) is 22.2. The first-order valence-electron chi connectivity index (χ1n) is 29.2. The van der Waals surface area contributed by atoms with E-state index in [4.69, 9.17) is 70.5 Å². The van der Waals surface area contributed by atoms with Gasteiger partial charge in [0, 0.05) is 53.1 Å². The second kappa shape index (κ2) is 33.0. The molecule has 0 unspecified atom stereocenters. The van der Waals surface area contributed by atoms with Crippen LogP contribution in [0.3, 0.4) is 0 Å². The molecule has 504 valence electrons. The lowest BCUT2D eigenvalue weighted by atomic mass is 10.1. The number of hydrogen-bond acceptors (Lipinski definition) is 16. The Morgan fingerprint density at radius 1 is 0.370 bits per heavy atom. The highest BCUT2D eigenvalue weighted by Crippen LogP contribution is 2.39. The SMILES string of the molecule is CC(C)S(=O)(=O)Cl.CC(C)S(=O)(=O)N1CCc2cc(S(=O)(=O)c3ccc4c(c3)OCCO4)ccc21.CC(C)S(=O)(=O)N1CCc2ccccc21.CC(C)S(=O)(=O)N1CCc2ccccc21.O=S(=O)(Cl)c1ccc2c(c1)OCCO2.[Cl][Al]([Cl])[Cl].c1ccc2c(c1)CCC2. The average Bonchev–Trinajstić information content (AvgIpc) is 1.48. The smallest absolute Gasteiger partial charge is 0.486 e. The number of para-hydroxylation sites is 2. The summed E-state index contributed by atoms with van der Waals surface area (Å²) in [5, 5.41) is -1.72. The fourth-order valence-electron chi connectivity index (χ4n) is 9.70. The highest BCUT2D eigenvalue weighted by molar-refractivity contribution is 8.14. The van der Waals surface area contributed by atoms with Gasteiger partial charge in [0.1, 0.15) is 26.4 Å². The van der Waals surface area contributed by atoms with E-state index in [2.05, 4.69) is 24.3 Å². The number of rotatable bonds is 10. The fraction of sp³-hybridized carbons (Fsp3) is 0.410. The first-order chi connectivity index (χ1) is 43.0.